The van der Waals surface area contributed by atoms with Crippen molar-refractivity contribution < 1.29 is 23.5 Å². The Bertz CT molecular complexity index is 1150. The van der Waals surface area contributed by atoms with E-state index in [0.29, 0.717) is 18.5 Å². The molecule has 0 aromatic heterocycles. The third-order valence-electron chi connectivity index (χ3n) is 7.54. The van der Waals surface area contributed by atoms with Gasteiger partial charge in [0.25, 0.3) is 0 Å². The number of benzene rings is 3. The van der Waals surface area contributed by atoms with Crippen LogP contribution in [0.25, 0.3) is 0 Å². The first-order valence-electron chi connectivity index (χ1n) is 14.3. The van der Waals surface area contributed by atoms with Gasteiger partial charge in [0, 0.05) is 18.1 Å². The van der Waals surface area contributed by atoms with E-state index in [2.05, 4.69) is 75.4 Å². The Morgan fingerprint density at radius 1 is 0.829 bits per heavy atom. The minimum absolute atomic E-state index is 0.179. The van der Waals surface area contributed by atoms with E-state index in [0.717, 1.165) is 28.2 Å². The van der Waals surface area contributed by atoms with Crippen LogP contribution in [0.5, 0.6) is 11.5 Å². The maximum Gasteiger partial charge on any atom is 0.143 e. The standard InChI is InChI=1S/C33H43BNO5P/c1-23(2)35(24(3)4)41(7)40-30-21-32(34)39-31(30)22-38-33(25-11-9-8-10-12-25,26-13-17-28(36-5)18-14-26)27-15-19-29(37-6)20-16-27/h8-20,23-24,30-32H,21-22H2,1-7H3/t30-,31-,32-,41?/m1/s1. The minimum atomic E-state index is -0.931. The van der Waals surface area contributed by atoms with Crippen LogP contribution in [0.3, 0.4) is 0 Å². The van der Waals surface area contributed by atoms with Gasteiger partial charge < -0.3 is 23.5 Å². The van der Waals surface area contributed by atoms with Gasteiger partial charge in [-0.3, -0.25) is 4.67 Å². The molecule has 0 aliphatic carbocycles. The molecule has 3 aromatic carbocycles. The zero-order valence-corrected chi connectivity index (χ0v) is 26.2. The monoisotopic (exact) mass is 575 g/mol. The van der Waals surface area contributed by atoms with Crippen molar-refractivity contribution in [3.63, 3.8) is 0 Å². The van der Waals surface area contributed by atoms with Crippen LogP contribution in [-0.2, 0) is 19.6 Å². The van der Waals surface area contributed by atoms with Crippen LogP contribution in [-0.4, -0.2) is 70.3 Å². The Hall–Kier alpha value is -2.41. The summed E-state index contributed by atoms with van der Waals surface area (Å²) in [6.07, 6.45) is 0.116. The van der Waals surface area contributed by atoms with Crippen molar-refractivity contribution in [1.29, 1.82) is 0 Å². The second-order valence-electron chi connectivity index (χ2n) is 10.9. The van der Waals surface area contributed by atoms with Gasteiger partial charge >= 0.3 is 0 Å². The Morgan fingerprint density at radius 3 is 1.78 bits per heavy atom. The largest absolute Gasteiger partial charge is 0.497 e. The number of nitrogens with zero attached hydrogens (tertiary/aromatic N) is 1. The van der Waals surface area contributed by atoms with Crippen LogP contribution in [0, 0.1) is 0 Å². The average Bonchev–Trinajstić information content (AvgIpc) is 3.32. The highest BCUT2D eigenvalue weighted by atomic mass is 31.2. The quantitative estimate of drug-likeness (QED) is 0.128. The Labute approximate surface area is 248 Å². The van der Waals surface area contributed by atoms with E-state index in [4.69, 9.17) is 31.3 Å². The van der Waals surface area contributed by atoms with Crippen molar-refractivity contribution in [3.8, 4) is 11.5 Å². The summed E-state index contributed by atoms with van der Waals surface area (Å²) < 4.78 is 33.4. The van der Waals surface area contributed by atoms with Gasteiger partial charge in [-0.1, -0.05) is 54.6 Å². The molecule has 4 rings (SSSR count). The molecule has 0 spiro atoms. The zero-order valence-electron chi connectivity index (χ0n) is 25.3. The lowest BCUT2D eigenvalue weighted by Crippen LogP contribution is -2.39. The van der Waals surface area contributed by atoms with Gasteiger partial charge in [-0.15, -0.1) is 0 Å². The van der Waals surface area contributed by atoms with Crippen LogP contribution in [0.1, 0.15) is 50.8 Å². The molecular weight excluding hydrogens is 532 g/mol. The molecule has 8 heteroatoms. The highest BCUT2D eigenvalue weighted by Gasteiger charge is 2.42. The fraction of sp³-hybridized carbons (Fsp3) is 0.455. The number of methoxy groups -OCH3 is 2. The third-order valence-corrected chi connectivity index (χ3v) is 9.69. The van der Waals surface area contributed by atoms with E-state index >= 15 is 0 Å². The van der Waals surface area contributed by atoms with Crippen molar-refractivity contribution in [2.45, 2.75) is 70.0 Å². The predicted molar refractivity (Wildman–Crippen MR) is 167 cm³/mol. The number of rotatable bonds is 13. The van der Waals surface area contributed by atoms with Crippen LogP contribution in [0.2, 0.25) is 0 Å². The average molecular weight is 575 g/mol. The zero-order chi connectivity index (χ0) is 29.6. The number of hydrogen-bond acceptors (Lipinski definition) is 6. The summed E-state index contributed by atoms with van der Waals surface area (Å²) in [6, 6.07) is 26.7. The molecule has 1 aliphatic rings. The molecule has 0 amide bonds. The van der Waals surface area contributed by atoms with E-state index < -0.39 is 19.9 Å². The normalized spacial score (nSPS) is 20.1. The summed E-state index contributed by atoms with van der Waals surface area (Å²) in [6.45, 7) is 11.3. The van der Waals surface area contributed by atoms with Crippen molar-refractivity contribution in [2.75, 3.05) is 27.5 Å². The molecule has 1 saturated heterocycles. The van der Waals surface area contributed by atoms with E-state index in [1.807, 2.05) is 42.5 Å². The fourth-order valence-corrected chi connectivity index (χ4v) is 7.81. The molecule has 0 bridgehead atoms. The predicted octanol–water partition coefficient (Wildman–Crippen LogP) is 6.74. The SMILES string of the molecule is [B][C@H]1C[C@@H](OP(C)N(C(C)C)C(C)C)[C@@H](COC(c2ccccc2)(c2ccc(OC)cc2)c2ccc(OC)cc2)O1. The molecule has 1 fully saturated rings. The summed E-state index contributed by atoms with van der Waals surface area (Å²) in [7, 11) is 8.82. The van der Waals surface area contributed by atoms with Crippen molar-refractivity contribution >= 4 is 16.1 Å². The van der Waals surface area contributed by atoms with E-state index in [1.54, 1.807) is 14.2 Å². The van der Waals surface area contributed by atoms with Crippen molar-refractivity contribution in [2.24, 2.45) is 0 Å². The summed E-state index contributed by atoms with van der Waals surface area (Å²) in [5.41, 5.74) is 2.01. The second-order valence-corrected chi connectivity index (χ2v) is 12.5. The molecule has 1 unspecified atom stereocenters. The van der Waals surface area contributed by atoms with E-state index in [1.165, 1.54) is 0 Å². The van der Waals surface area contributed by atoms with Crippen LogP contribution in [0.15, 0.2) is 78.9 Å². The molecule has 6 nitrogen and oxygen atoms in total. The highest BCUT2D eigenvalue weighted by molar-refractivity contribution is 7.49. The van der Waals surface area contributed by atoms with Crippen molar-refractivity contribution in [3.05, 3.63) is 95.6 Å². The lowest BCUT2D eigenvalue weighted by atomic mass is 9.80. The van der Waals surface area contributed by atoms with Gasteiger partial charge in [-0.25, -0.2) is 0 Å². The topological polar surface area (TPSA) is 49.4 Å². The van der Waals surface area contributed by atoms with Gasteiger partial charge in [-0.2, -0.15) is 0 Å². The maximum absolute atomic E-state index is 7.09. The first kappa shape index (κ1) is 31.5. The highest BCUT2D eigenvalue weighted by Crippen LogP contribution is 2.46. The van der Waals surface area contributed by atoms with Gasteiger partial charge in [0.1, 0.15) is 39.3 Å². The lowest BCUT2D eigenvalue weighted by Gasteiger charge is -2.39. The Kier molecular flexibility index (Phi) is 10.9. The van der Waals surface area contributed by atoms with Crippen LogP contribution in [0.4, 0.5) is 0 Å². The Morgan fingerprint density at radius 2 is 1.32 bits per heavy atom. The van der Waals surface area contributed by atoms with E-state index in [9.17, 15) is 0 Å². The second kappa shape index (κ2) is 14.2. The van der Waals surface area contributed by atoms with Gasteiger partial charge in [0.2, 0.25) is 0 Å². The molecule has 1 heterocycles. The van der Waals surface area contributed by atoms with Crippen LogP contribution < -0.4 is 9.47 Å². The number of hydrogen-bond donors (Lipinski definition) is 0. The molecule has 2 radical (unpaired) electrons. The molecule has 4 atom stereocenters. The minimum Gasteiger partial charge on any atom is -0.497 e. The summed E-state index contributed by atoms with van der Waals surface area (Å²) >= 11 is 0. The van der Waals surface area contributed by atoms with Gasteiger partial charge in [0.15, 0.2) is 0 Å². The molecule has 0 N–H and O–H groups in total. The summed E-state index contributed by atoms with van der Waals surface area (Å²) in [5, 5.41) is 0. The van der Waals surface area contributed by atoms with Crippen molar-refractivity contribution in [1.82, 2.24) is 4.67 Å². The smallest absolute Gasteiger partial charge is 0.143 e. The molecule has 41 heavy (non-hydrogen) atoms. The lowest BCUT2D eigenvalue weighted by molar-refractivity contribution is -0.0695. The molecule has 3 aromatic rings. The maximum atomic E-state index is 7.09. The Balaban J connectivity index is 1.72. The van der Waals surface area contributed by atoms with E-state index in [-0.39, 0.29) is 18.8 Å². The summed E-state index contributed by atoms with van der Waals surface area (Å²) in [4.78, 5) is 0. The fourth-order valence-electron chi connectivity index (χ4n) is 5.78. The third kappa shape index (κ3) is 7.15. The molecule has 0 saturated carbocycles. The van der Waals surface area contributed by atoms with Crippen LogP contribution >= 0.6 is 8.30 Å². The molecule has 218 valence electrons. The summed E-state index contributed by atoms with van der Waals surface area (Å²) in [5.74, 6) is 1.56. The first-order chi connectivity index (χ1) is 19.7. The molecule has 1 aliphatic heterocycles. The molecular formula is C33H43BNO5P. The van der Waals surface area contributed by atoms with Gasteiger partial charge in [0.05, 0.1) is 26.9 Å². The number of ether oxygens (including phenoxy) is 4. The van der Waals surface area contributed by atoms with Gasteiger partial charge in [-0.05, 0) is 81.7 Å². The first-order valence-corrected chi connectivity index (χ1v) is 15.9.